The highest BCUT2D eigenvalue weighted by atomic mass is 16.5. The molecule has 0 spiro atoms. The first kappa shape index (κ1) is 10.4. The van der Waals surface area contributed by atoms with Crippen molar-refractivity contribution in [3.05, 3.63) is 0 Å². The fourth-order valence-electron chi connectivity index (χ4n) is 0.598. The van der Waals surface area contributed by atoms with Crippen molar-refractivity contribution >= 4 is 0 Å². The molecule has 0 aromatic carbocycles. The molecule has 0 aromatic rings. The van der Waals surface area contributed by atoms with Gasteiger partial charge in [-0.05, 0) is 11.8 Å². The molecule has 0 atom stereocenters. The number of nitriles is 1. The highest BCUT2D eigenvalue weighted by Crippen LogP contribution is 2.17. The summed E-state index contributed by atoms with van der Waals surface area (Å²) >= 11 is 0. The number of nitrogens with zero attached hydrogens (tertiary/aromatic N) is 1. The van der Waals surface area contributed by atoms with Gasteiger partial charge in [0.05, 0.1) is 19.1 Å². The molecule has 11 heavy (non-hydrogen) atoms. The molecule has 0 heterocycles. The van der Waals surface area contributed by atoms with E-state index in [1.54, 1.807) is 0 Å². The van der Waals surface area contributed by atoms with Crippen molar-refractivity contribution in [2.24, 2.45) is 5.41 Å². The van der Waals surface area contributed by atoms with Gasteiger partial charge in [0.25, 0.3) is 0 Å². The molecular formula is C9H17NO. The first-order chi connectivity index (χ1) is 5.06. The van der Waals surface area contributed by atoms with Gasteiger partial charge in [-0.1, -0.05) is 20.8 Å². The number of rotatable bonds is 4. The topological polar surface area (TPSA) is 33.0 Å². The van der Waals surface area contributed by atoms with E-state index in [2.05, 4.69) is 20.8 Å². The van der Waals surface area contributed by atoms with Crippen LogP contribution in [-0.4, -0.2) is 13.2 Å². The fraction of sp³-hybridized carbons (Fsp3) is 0.889. The first-order valence-electron chi connectivity index (χ1n) is 4.01. The maximum atomic E-state index is 8.20. The lowest BCUT2D eigenvalue weighted by Crippen LogP contribution is -2.09. The van der Waals surface area contributed by atoms with Gasteiger partial charge in [0.1, 0.15) is 0 Å². The van der Waals surface area contributed by atoms with Crippen LogP contribution in [-0.2, 0) is 4.74 Å². The van der Waals surface area contributed by atoms with Crippen LogP contribution in [0.5, 0.6) is 0 Å². The molecule has 0 aromatic heterocycles. The van der Waals surface area contributed by atoms with Gasteiger partial charge in [0.15, 0.2) is 0 Å². The van der Waals surface area contributed by atoms with Crippen molar-refractivity contribution in [2.75, 3.05) is 13.2 Å². The largest absolute Gasteiger partial charge is 0.380 e. The third kappa shape index (κ3) is 9.45. The summed E-state index contributed by atoms with van der Waals surface area (Å²) in [4.78, 5) is 0. The predicted molar refractivity (Wildman–Crippen MR) is 45.1 cm³/mol. The molecule has 0 aliphatic heterocycles. The standard InChI is InChI=1S/C9H17NO/c1-9(2,3)5-8-11-7-4-6-10/h4-5,7-8H2,1-3H3. The molecular weight excluding hydrogens is 138 g/mol. The predicted octanol–water partition coefficient (Wildman–Crippen LogP) is 2.35. The van der Waals surface area contributed by atoms with E-state index in [4.69, 9.17) is 10.00 Å². The van der Waals surface area contributed by atoms with E-state index in [0.717, 1.165) is 13.0 Å². The van der Waals surface area contributed by atoms with Crippen molar-refractivity contribution in [3.8, 4) is 6.07 Å². The Morgan fingerprint density at radius 1 is 1.27 bits per heavy atom. The van der Waals surface area contributed by atoms with Gasteiger partial charge in [-0.15, -0.1) is 0 Å². The summed E-state index contributed by atoms with van der Waals surface area (Å²) in [6.07, 6.45) is 1.56. The van der Waals surface area contributed by atoms with E-state index >= 15 is 0 Å². The quantitative estimate of drug-likeness (QED) is 0.584. The van der Waals surface area contributed by atoms with Gasteiger partial charge in [-0.3, -0.25) is 0 Å². The number of hydrogen-bond acceptors (Lipinski definition) is 2. The van der Waals surface area contributed by atoms with E-state index in [9.17, 15) is 0 Å². The average Bonchev–Trinajstić information content (AvgIpc) is 1.85. The molecule has 0 bridgehead atoms. The lowest BCUT2D eigenvalue weighted by Gasteiger charge is -2.17. The van der Waals surface area contributed by atoms with Gasteiger partial charge in [-0.25, -0.2) is 0 Å². The zero-order valence-electron chi connectivity index (χ0n) is 7.68. The van der Waals surface area contributed by atoms with Gasteiger partial charge in [0, 0.05) is 6.61 Å². The average molecular weight is 155 g/mol. The first-order valence-corrected chi connectivity index (χ1v) is 4.01. The monoisotopic (exact) mass is 155 g/mol. The Kier molecular flexibility index (Phi) is 4.89. The minimum atomic E-state index is 0.340. The Labute approximate surface area is 69.2 Å². The molecule has 0 aliphatic rings. The molecule has 2 nitrogen and oxygen atoms in total. The minimum Gasteiger partial charge on any atom is -0.380 e. The highest BCUT2D eigenvalue weighted by molar-refractivity contribution is 4.67. The van der Waals surface area contributed by atoms with Crippen molar-refractivity contribution < 1.29 is 4.74 Å². The van der Waals surface area contributed by atoms with Gasteiger partial charge in [0.2, 0.25) is 0 Å². The molecule has 64 valence electrons. The summed E-state index contributed by atoms with van der Waals surface area (Å²) in [6.45, 7) is 7.89. The fourth-order valence-corrected chi connectivity index (χ4v) is 0.598. The van der Waals surface area contributed by atoms with Gasteiger partial charge in [-0.2, -0.15) is 5.26 Å². The third-order valence-electron chi connectivity index (χ3n) is 1.35. The van der Waals surface area contributed by atoms with Crippen LogP contribution in [0.3, 0.4) is 0 Å². The molecule has 0 unspecified atom stereocenters. The zero-order chi connectivity index (χ0) is 8.74. The molecule has 0 saturated carbocycles. The number of hydrogen-bond donors (Lipinski definition) is 0. The van der Waals surface area contributed by atoms with Crippen LogP contribution in [0, 0.1) is 16.7 Å². The second-order valence-electron chi connectivity index (χ2n) is 3.83. The maximum absolute atomic E-state index is 8.20. The summed E-state index contributed by atoms with van der Waals surface area (Å²) in [5, 5.41) is 8.20. The molecule has 0 fully saturated rings. The lowest BCUT2D eigenvalue weighted by atomic mass is 9.93. The maximum Gasteiger partial charge on any atom is 0.0645 e. The molecule has 0 amide bonds. The van der Waals surface area contributed by atoms with E-state index in [0.29, 0.717) is 18.4 Å². The Balaban J connectivity index is 3.10. The summed E-state index contributed by atoms with van der Waals surface area (Å²) in [6, 6.07) is 2.04. The molecule has 0 rings (SSSR count). The van der Waals surface area contributed by atoms with Crippen LogP contribution >= 0.6 is 0 Å². The van der Waals surface area contributed by atoms with Crippen LogP contribution in [0.4, 0.5) is 0 Å². The second kappa shape index (κ2) is 5.15. The Morgan fingerprint density at radius 2 is 1.91 bits per heavy atom. The number of ether oxygens (including phenoxy) is 1. The molecule has 0 radical (unpaired) electrons. The summed E-state index contributed by atoms with van der Waals surface area (Å²) in [7, 11) is 0. The Morgan fingerprint density at radius 3 is 2.36 bits per heavy atom. The van der Waals surface area contributed by atoms with E-state index in [1.165, 1.54) is 0 Å². The second-order valence-corrected chi connectivity index (χ2v) is 3.83. The summed E-state index contributed by atoms with van der Waals surface area (Å²) in [5.41, 5.74) is 0.340. The SMILES string of the molecule is CC(C)(C)CCOCCC#N. The van der Waals surface area contributed by atoms with Crippen LogP contribution < -0.4 is 0 Å². The smallest absolute Gasteiger partial charge is 0.0645 e. The van der Waals surface area contributed by atoms with E-state index in [-0.39, 0.29) is 0 Å². The minimum absolute atomic E-state index is 0.340. The normalized spacial score (nSPS) is 11.1. The highest BCUT2D eigenvalue weighted by Gasteiger charge is 2.08. The van der Waals surface area contributed by atoms with Gasteiger partial charge < -0.3 is 4.74 Å². The molecule has 0 saturated heterocycles. The van der Waals surface area contributed by atoms with Crippen molar-refractivity contribution in [2.45, 2.75) is 33.6 Å². The molecule has 2 heteroatoms. The Hall–Kier alpha value is -0.550. The van der Waals surface area contributed by atoms with Crippen molar-refractivity contribution in [1.82, 2.24) is 0 Å². The van der Waals surface area contributed by atoms with E-state index in [1.807, 2.05) is 6.07 Å². The Bertz CT molecular complexity index is 129. The van der Waals surface area contributed by atoms with Crippen molar-refractivity contribution in [3.63, 3.8) is 0 Å². The van der Waals surface area contributed by atoms with Crippen LogP contribution in [0.2, 0.25) is 0 Å². The van der Waals surface area contributed by atoms with Crippen molar-refractivity contribution in [1.29, 1.82) is 5.26 Å². The van der Waals surface area contributed by atoms with E-state index < -0.39 is 0 Å². The summed E-state index contributed by atoms with van der Waals surface area (Å²) < 4.78 is 5.23. The van der Waals surface area contributed by atoms with Crippen LogP contribution in [0.1, 0.15) is 33.6 Å². The van der Waals surface area contributed by atoms with Crippen LogP contribution in [0.25, 0.3) is 0 Å². The van der Waals surface area contributed by atoms with Crippen LogP contribution in [0.15, 0.2) is 0 Å². The summed E-state index contributed by atoms with van der Waals surface area (Å²) in [5.74, 6) is 0. The molecule has 0 aliphatic carbocycles. The zero-order valence-corrected chi connectivity index (χ0v) is 7.68. The lowest BCUT2D eigenvalue weighted by molar-refractivity contribution is 0.113. The molecule has 0 N–H and O–H groups in total. The third-order valence-corrected chi connectivity index (χ3v) is 1.35. The van der Waals surface area contributed by atoms with Gasteiger partial charge >= 0.3 is 0 Å².